The third-order valence-electron chi connectivity index (χ3n) is 6.69. The largest absolute Gasteiger partial charge is 0.494 e. The van der Waals surface area contributed by atoms with Crippen molar-refractivity contribution >= 4 is 28.9 Å². The number of likely N-dealkylation sites (N-methyl/N-ethyl adjacent to an activating group) is 1. The third-order valence-corrected chi connectivity index (χ3v) is 6.69. The summed E-state index contributed by atoms with van der Waals surface area (Å²) >= 11 is 0. The van der Waals surface area contributed by atoms with Crippen LogP contribution in [0.4, 0.5) is 23.0 Å². The van der Waals surface area contributed by atoms with Gasteiger partial charge in [0.2, 0.25) is 11.9 Å². The van der Waals surface area contributed by atoms with Gasteiger partial charge >= 0.3 is 0 Å². The van der Waals surface area contributed by atoms with Crippen molar-refractivity contribution in [3.8, 4) is 23.1 Å². The molecule has 11 heteroatoms. The number of amides is 1. The molecule has 0 saturated carbocycles. The van der Waals surface area contributed by atoms with E-state index in [2.05, 4.69) is 44.0 Å². The molecule has 1 aliphatic heterocycles. The molecule has 212 valence electrons. The summed E-state index contributed by atoms with van der Waals surface area (Å²) in [4.78, 5) is 25.3. The molecule has 0 spiro atoms. The average Bonchev–Trinajstić information content (AvgIpc) is 3.45. The smallest absolute Gasteiger partial charge is 0.267 e. The van der Waals surface area contributed by atoms with Crippen molar-refractivity contribution in [3.05, 3.63) is 61.3 Å². The first kappa shape index (κ1) is 28.7. The number of benzene rings is 2. The van der Waals surface area contributed by atoms with Gasteiger partial charge in [-0.15, -0.1) is 0 Å². The zero-order chi connectivity index (χ0) is 28.5. The van der Waals surface area contributed by atoms with Gasteiger partial charge in [-0.25, -0.2) is 4.98 Å². The summed E-state index contributed by atoms with van der Waals surface area (Å²) < 4.78 is 22.3. The minimum Gasteiger partial charge on any atom is -0.494 e. The van der Waals surface area contributed by atoms with E-state index >= 15 is 0 Å². The van der Waals surface area contributed by atoms with Gasteiger partial charge in [-0.3, -0.25) is 9.69 Å². The molecule has 40 heavy (non-hydrogen) atoms. The molecule has 2 heterocycles. The molecule has 4 rings (SSSR count). The van der Waals surface area contributed by atoms with Gasteiger partial charge in [0.25, 0.3) is 5.88 Å². The topological polar surface area (TPSA) is 110 Å². The average molecular weight is 549 g/mol. The molecule has 3 aromatic rings. The summed E-state index contributed by atoms with van der Waals surface area (Å²) in [6.45, 7) is 7.20. The Morgan fingerprint density at radius 1 is 1.18 bits per heavy atom. The van der Waals surface area contributed by atoms with Crippen LogP contribution in [-0.2, 0) is 9.53 Å². The van der Waals surface area contributed by atoms with Gasteiger partial charge in [-0.05, 0) is 36.8 Å². The fraction of sp³-hybridized carbons (Fsp3) is 0.345. The highest BCUT2D eigenvalue weighted by molar-refractivity contribution is 5.98. The zero-order valence-electron chi connectivity index (χ0n) is 23.3. The lowest BCUT2D eigenvalue weighted by molar-refractivity contribution is -0.111. The number of nitrogens with one attached hydrogen (secondary N) is 2. The predicted octanol–water partition coefficient (Wildman–Crippen LogP) is 4.31. The molecule has 2 N–H and O–H groups in total. The Morgan fingerprint density at radius 2 is 2.00 bits per heavy atom. The second-order valence-electron chi connectivity index (χ2n) is 9.25. The van der Waals surface area contributed by atoms with E-state index < -0.39 is 0 Å². The first-order chi connectivity index (χ1) is 19.4. The Morgan fingerprint density at radius 3 is 2.75 bits per heavy atom. The monoisotopic (exact) mass is 548 g/mol. The van der Waals surface area contributed by atoms with Gasteiger partial charge in [0, 0.05) is 63.3 Å². The lowest BCUT2D eigenvalue weighted by Crippen LogP contribution is -2.35. The zero-order valence-corrected chi connectivity index (χ0v) is 23.3. The molecule has 1 atom stereocenters. The number of aromatic nitrogens is 2. The number of ether oxygens (including phenoxy) is 4. The van der Waals surface area contributed by atoms with Gasteiger partial charge in [0.1, 0.15) is 11.5 Å². The van der Waals surface area contributed by atoms with E-state index in [1.165, 1.54) is 19.4 Å². The maximum atomic E-state index is 11.7. The SMILES string of the molecule is C=CC(=O)Nc1cccc(Oc2nc(Nc3ccc(N(C)[C@H]4CCN(CCOC)C4)cc3OC)ncc2OC)c1. The lowest BCUT2D eigenvalue weighted by atomic mass is 10.2. The number of hydrogen-bond acceptors (Lipinski definition) is 10. The molecular formula is C29H36N6O5. The molecule has 0 aliphatic carbocycles. The maximum absolute atomic E-state index is 11.7. The van der Waals surface area contributed by atoms with E-state index in [0.29, 0.717) is 40.6 Å². The van der Waals surface area contributed by atoms with E-state index in [1.54, 1.807) is 38.5 Å². The molecule has 1 amide bonds. The summed E-state index contributed by atoms with van der Waals surface area (Å²) in [5, 5.41) is 5.93. The Hall–Kier alpha value is -4.35. The fourth-order valence-electron chi connectivity index (χ4n) is 4.46. The number of carbonyl (C=O) groups excluding carboxylic acids is 1. The Bertz CT molecular complexity index is 1320. The van der Waals surface area contributed by atoms with Gasteiger partial charge < -0.3 is 34.5 Å². The van der Waals surface area contributed by atoms with Crippen LogP contribution in [0.15, 0.2) is 61.3 Å². The van der Waals surface area contributed by atoms with Crippen molar-refractivity contribution in [2.45, 2.75) is 12.5 Å². The van der Waals surface area contributed by atoms with Crippen molar-refractivity contribution < 1.29 is 23.7 Å². The molecule has 1 aromatic heterocycles. The van der Waals surface area contributed by atoms with Crippen molar-refractivity contribution in [3.63, 3.8) is 0 Å². The summed E-state index contributed by atoms with van der Waals surface area (Å²) in [7, 11) is 6.99. The number of methoxy groups -OCH3 is 3. The quantitative estimate of drug-likeness (QED) is 0.300. The highest BCUT2D eigenvalue weighted by Crippen LogP contribution is 2.35. The molecule has 1 saturated heterocycles. The molecule has 1 aliphatic rings. The summed E-state index contributed by atoms with van der Waals surface area (Å²) in [6, 6.07) is 13.3. The van der Waals surface area contributed by atoms with Gasteiger partial charge in [0.05, 0.1) is 32.7 Å². The van der Waals surface area contributed by atoms with Crippen LogP contribution in [-0.4, -0.2) is 81.4 Å². The van der Waals surface area contributed by atoms with Crippen LogP contribution in [0.3, 0.4) is 0 Å². The van der Waals surface area contributed by atoms with Crippen molar-refractivity contribution in [2.75, 3.05) is 70.2 Å². The van der Waals surface area contributed by atoms with Crippen LogP contribution >= 0.6 is 0 Å². The lowest BCUT2D eigenvalue weighted by Gasteiger charge is -2.28. The molecule has 2 aromatic carbocycles. The number of hydrogen-bond donors (Lipinski definition) is 2. The Labute approximate surface area is 234 Å². The molecular weight excluding hydrogens is 512 g/mol. The standard InChI is InChI=1S/C29H36N6O5/c1-6-27(36)31-20-8-7-9-23(16-20)40-28-26(39-5)18-30-29(33-28)32-24-11-10-21(17-25(24)38-4)34(2)22-12-13-35(19-22)14-15-37-3/h6-11,16-18,22H,1,12-15,19H2,2-5H3,(H,31,36)(H,30,32,33)/t22-/m0/s1. The number of rotatable bonds is 13. The second kappa shape index (κ2) is 13.6. The molecule has 1 fully saturated rings. The highest BCUT2D eigenvalue weighted by atomic mass is 16.5. The van der Waals surface area contributed by atoms with E-state index in [9.17, 15) is 4.79 Å². The Kier molecular flexibility index (Phi) is 9.76. The van der Waals surface area contributed by atoms with Crippen LogP contribution < -0.4 is 29.7 Å². The highest BCUT2D eigenvalue weighted by Gasteiger charge is 2.26. The van der Waals surface area contributed by atoms with Gasteiger partial charge in [0.15, 0.2) is 5.75 Å². The maximum Gasteiger partial charge on any atom is 0.267 e. The fourth-order valence-corrected chi connectivity index (χ4v) is 4.46. The molecule has 0 bridgehead atoms. The first-order valence-electron chi connectivity index (χ1n) is 13.0. The number of likely N-dealkylation sites (tertiary alicyclic amines) is 1. The van der Waals surface area contributed by atoms with Crippen molar-refractivity contribution in [1.29, 1.82) is 0 Å². The second-order valence-corrected chi connectivity index (χ2v) is 9.25. The summed E-state index contributed by atoms with van der Waals surface area (Å²) in [5.74, 6) is 1.67. The van der Waals surface area contributed by atoms with Crippen LogP contribution in [0, 0.1) is 0 Å². The summed E-state index contributed by atoms with van der Waals surface area (Å²) in [6.07, 6.45) is 3.82. The first-order valence-corrected chi connectivity index (χ1v) is 13.0. The predicted molar refractivity (Wildman–Crippen MR) is 155 cm³/mol. The number of carbonyl (C=O) groups is 1. The molecule has 11 nitrogen and oxygen atoms in total. The van der Waals surface area contributed by atoms with E-state index in [0.717, 1.165) is 38.3 Å². The van der Waals surface area contributed by atoms with Crippen LogP contribution in [0.25, 0.3) is 0 Å². The van der Waals surface area contributed by atoms with Crippen LogP contribution in [0.1, 0.15) is 6.42 Å². The number of nitrogens with zero attached hydrogens (tertiary/aromatic N) is 4. The van der Waals surface area contributed by atoms with E-state index in [-0.39, 0.29) is 11.8 Å². The van der Waals surface area contributed by atoms with E-state index in [1.807, 2.05) is 18.2 Å². The van der Waals surface area contributed by atoms with Crippen molar-refractivity contribution in [1.82, 2.24) is 14.9 Å². The normalized spacial score (nSPS) is 14.8. The van der Waals surface area contributed by atoms with Crippen molar-refractivity contribution in [2.24, 2.45) is 0 Å². The van der Waals surface area contributed by atoms with Crippen LogP contribution in [0.5, 0.6) is 23.1 Å². The third kappa shape index (κ3) is 7.19. The molecule has 0 unspecified atom stereocenters. The van der Waals surface area contributed by atoms with Gasteiger partial charge in [-0.1, -0.05) is 12.6 Å². The van der Waals surface area contributed by atoms with Gasteiger partial charge in [-0.2, -0.15) is 4.98 Å². The van der Waals surface area contributed by atoms with Crippen LogP contribution in [0.2, 0.25) is 0 Å². The number of anilines is 4. The minimum atomic E-state index is -0.318. The minimum absolute atomic E-state index is 0.210. The molecule has 0 radical (unpaired) electrons. The Balaban J connectivity index is 1.49. The van der Waals surface area contributed by atoms with E-state index in [4.69, 9.17) is 18.9 Å². The summed E-state index contributed by atoms with van der Waals surface area (Å²) in [5.41, 5.74) is 2.32.